The number of thiol groups is 1. The van der Waals surface area contributed by atoms with Gasteiger partial charge in [0.2, 0.25) is 0 Å². The van der Waals surface area contributed by atoms with Crippen molar-refractivity contribution in [3.8, 4) is 6.07 Å². The first-order chi connectivity index (χ1) is 15.6. The Bertz CT molecular complexity index is 1140. The van der Waals surface area contributed by atoms with Gasteiger partial charge in [-0.1, -0.05) is 12.1 Å². The topological polar surface area (TPSA) is 84.6 Å². The highest BCUT2D eigenvalue weighted by molar-refractivity contribution is 7.81. The normalized spacial score (nSPS) is 19.5. The molecule has 1 amide bonds. The second kappa shape index (κ2) is 8.30. The van der Waals surface area contributed by atoms with Gasteiger partial charge in [0.1, 0.15) is 5.54 Å². The molecule has 0 bridgehead atoms. The van der Waals surface area contributed by atoms with Crippen molar-refractivity contribution in [2.24, 2.45) is 0 Å². The van der Waals surface area contributed by atoms with Gasteiger partial charge in [-0.05, 0) is 61.6 Å². The third-order valence-corrected chi connectivity index (χ3v) is 6.73. The lowest BCUT2D eigenvalue weighted by atomic mass is 9.75. The smallest absolute Gasteiger partial charge is 0.417 e. The molecule has 1 saturated heterocycles. The third kappa shape index (κ3) is 3.91. The number of carboxylic acids is 1. The van der Waals surface area contributed by atoms with Crippen LogP contribution in [-0.4, -0.2) is 28.0 Å². The maximum atomic E-state index is 13.5. The van der Waals surface area contributed by atoms with Crippen LogP contribution in [0.1, 0.15) is 42.4 Å². The number of aliphatic carboxylic acids is 1. The van der Waals surface area contributed by atoms with Gasteiger partial charge in [0.15, 0.2) is 5.50 Å². The van der Waals surface area contributed by atoms with E-state index < -0.39 is 34.3 Å². The highest BCUT2D eigenvalue weighted by Gasteiger charge is 2.60. The molecule has 1 saturated carbocycles. The van der Waals surface area contributed by atoms with E-state index in [0.717, 1.165) is 24.1 Å². The van der Waals surface area contributed by atoms with Crippen molar-refractivity contribution in [2.75, 3.05) is 9.80 Å². The Kier molecular flexibility index (Phi) is 5.78. The van der Waals surface area contributed by atoms with Gasteiger partial charge in [0.25, 0.3) is 5.91 Å². The zero-order chi connectivity index (χ0) is 24.0. The standard InChI is InChI=1S/C23H20F3N3O3S/c24-23(25,26)18-12-17(8-5-15(18)13-27)28-20(32)22(10-1-11-22)29(21(28)33)16-6-2-14(3-7-16)4-9-19(30)31/h2-3,5-8,12,21,33H,1,4,9-11H2,(H,30,31). The van der Waals surface area contributed by atoms with Crippen LogP contribution in [0.3, 0.4) is 0 Å². The average molecular weight is 475 g/mol. The Morgan fingerprint density at radius 1 is 1.18 bits per heavy atom. The number of nitriles is 1. The number of alkyl halides is 3. The summed E-state index contributed by atoms with van der Waals surface area (Å²) in [6.45, 7) is 0. The number of nitrogens with zero attached hydrogens (tertiary/aromatic N) is 3. The highest BCUT2D eigenvalue weighted by Crippen LogP contribution is 2.50. The van der Waals surface area contributed by atoms with E-state index >= 15 is 0 Å². The van der Waals surface area contributed by atoms with E-state index in [0.29, 0.717) is 24.9 Å². The SMILES string of the molecule is N#Cc1ccc(N2C(=O)C3(CCC3)N(c3ccc(CCC(=O)O)cc3)C2S)cc1C(F)(F)F. The van der Waals surface area contributed by atoms with E-state index in [1.165, 1.54) is 11.0 Å². The number of halogens is 3. The first-order valence-electron chi connectivity index (χ1n) is 10.3. The van der Waals surface area contributed by atoms with Crippen LogP contribution >= 0.6 is 12.6 Å². The largest absolute Gasteiger partial charge is 0.481 e. The molecule has 1 aliphatic heterocycles. The molecule has 2 aliphatic rings. The molecule has 33 heavy (non-hydrogen) atoms. The molecule has 0 radical (unpaired) electrons. The molecule has 2 aromatic rings. The molecule has 0 aromatic heterocycles. The molecule has 172 valence electrons. The van der Waals surface area contributed by atoms with Gasteiger partial charge >= 0.3 is 12.1 Å². The predicted octanol–water partition coefficient (Wildman–Crippen LogP) is 4.58. The number of hydrogen-bond donors (Lipinski definition) is 2. The minimum Gasteiger partial charge on any atom is -0.481 e. The molecule has 2 fully saturated rings. The Morgan fingerprint density at radius 3 is 2.33 bits per heavy atom. The third-order valence-electron chi connectivity index (χ3n) is 6.27. The van der Waals surface area contributed by atoms with Crippen molar-refractivity contribution in [3.05, 3.63) is 59.2 Å². The lowest BCUT2D eigenvalue weighted by Crippen LogP contribution is -2.55. The number of hydrogen-bond acceptors (Lipinski definition) is 5. The summed E-state index contributed by atoms with van der Waals surface area (Å²) in [4.78, 5) is 27.4. The molecular weight excluding hydrogens is 455 g/mol. The van der Waals surface area contributed by atoms with Gasteiger partial charge in [0, 0.05) is 17.8 Å². The monoisotopic (exact) mass is 475 g/mol. The zero-order valence-electron chi connectivity index (χ0n) is 17.3. The Morgan fingerprint density at radius 2 is 1.82 bits per heavy atom. The molecule has 1 spiro atoms. The second-order valence-electron chi connectivity index (χ2n) is 8.18. The van der Waals surface area contributed by atoms with Crippen LogP contribution in [0, 0.1) is 11.3 Å². The zero-order valence-corrected chi connectivity index (χ0v) is 18.2. The van der Waals surface area contributed by atoms with Crippen molar-refractivity contribution in [2.45, 2.75) is 49.3 Å². The summed E-state index contributed by atoms with van der Waals surface area (Å²) in [6.07, 6.45) is -2.49. The minimum atomic E-state index is -4.74. The lowest BCUT2D eigenvalue weighted by molar-refractivity contribution is -0.138. The first kappa shape index (κ1) is 23.0. The summed E-state index contributed by atoms with van der Waals surface area (Å²) in [5.41, 5.74) is -1.84. The van der Waals surface area contributed by atoms with Crippen molar-refractivity contribution in [3.63, 3.8) is 0 Å². The Balaban J connectivity index is 1.70. The van der Waals surface area contributed by atoms with Crippen molar-refractivity contribution in [1.82, 2.24) is 0 Å². The highest BCUT2D eigenvalue weighted by atomic mass is 32.1. The van der Waals surface area contributed by atoms with Crippen molar-refractivity contribution in [1.29, 1.82) is 5.26 Å². The molecule has 1 atom stereocenters. The van der Waals surface area contributed by atoms with Crippen LogP contribution in [0.4, 0.5) is 24.5 Å². The number of carbonyl (C=O) groups excluding carboxylic acids is 1. The maximum Gasteiger partial charge on any atom is 0.417 e. The lowest BCUT2D eigenvalue weighted by Gasteiger charge is -2.44. The molecule has 2 aromatic carbocycles. The van der Waals surface area contributed by atoms with Gasteiger partial charge in [-0.3, -0.25) is 14.5 Å². The summed E-state index contributed by atoms with van der Waals surface area (Å²) in [6, 6.07) is 11.9. The summed E-state index contributed by atoms with van der Waals surface area (Å²) < 4.78 is 40.5. The van der Waals surface area contributed by atoms with Gasteiger partial charge in [-0.25, -0.2) is 0 Å². The predicted molar refractivity (Wildman–Crippen MR) is 118 cm³/mol. The molecule has 1 heterocycles. The van der Waals surface area contributed by atoms with Crippen LogP contribution in [0.5, 0.6) is 0 Å². The van der Waals surface area contributed by atoms with Crippen LogP contribution in [0.25, 0.3) is 0 Å². The van der Waals surface area contributed by atoms with E-state index in [-0.39, 0.29) is 18.0 Å². The fraction of sp³-hybridized carbons (Fsp3) is 0.348. The van der Waals surface area contributed by atoms with Crippen molar-refractivity contribution >= 4 is 35.9 Å². The van der Waals surface area contributed by atoms with E-state index in [2.05, 4.69) is 12.6 Å². The summed E-state index contributed by atoms with van der Waals surface area (Å²) >= 11 is 4.62. The van der Waals surface area contributed by atoms with Gasteiger partial charge in [-0.15, -0.1) is 12.6 Å². The van der Waals surface area contributed by atoms with Gasteiger partial charge in [-0.2, -0.15) is 18.4 Å². The average Bonchev–Trinajstić information content (AvgIpc) is 2.98. The number of carboxylic acid groups (broad SMARTS) is 1. The molecule has 1 N–H and O–H groups in total. The maximum absolute atomic E-state index is 13.5. The van der Waals surface area contributed by atoms with E-state index in [1.54, 1.807) is 30.3 Å². The first-order valence-corrected chi connectivity index (χ1v) is 10.8. The summed E-state index contributed by atoms with van der Waals surface area (Å²) in [5, 5.41) is 17.9. The number of carbonyl (C=O) groups is 2. The number of rotatable bonds is 5. The molecular formula is C23H20F3N3O3S. The number of benzene rings is 2. The van der Waals surface area contributed by atoms with Gasteiger partial charge in [0.05, 0.1) is 17.2 Å². The van der Waals surface area contributed by atoms with E-state index in [9.17, 15) is 22.8 Å². The molecule has 1 aliphatic carbocycles. The minimum absolute atomic E-state index is 0.00527. The molecule has 10 heteroatoms. The number of anilines is 2. The van der Waals surface area contributed by atoms with Crippen LogP contribution in [0.2, 0.25) is 0 Å². The number of aryl methyl sites for hydroxylation is 1. The summed E-state index contributed by atoms with van der Waals surface area (Å²) in [7, 11) is 0. The Hall–Kier alpha value is -3.19. The quantitative estimate of drug-likeness (QED) is 0.619. The fourth-order valence-corrected chi connectivity index (χ4v) is 5.05. The number of amides is 1. The van der Waals surface area contributed by atoms with E-state index in [1.807, 2.05) is 4.90 Å². The molecule has 1 unspecified atom stereocenters. The summed E-state index contributed by atoms with van der Waals surface area (Å²) in [5.74, 6) is -1.23. The van der Waals surface area contributed by atoms with Gasteiger partial charge < -0.3 is 10.0 Å². The Labute approximate surface area is 193 Å². The van der Waals surface area contributed by atoms with Crippen LogP contribution in [-0.2, 0) is 22.2 Å². The van der Waals surface area contributed by atoms with Crippen molar-refractivity contribution < 1.29 is 27.9 Å². The second-order valence-corrected chi connectivity index (χ2v) is 8.64. The van der Waals surface area contributed by atoms with Crippen LogP contribution in [0.15, 0.2) is 42.5 Å². The van der Waals surface area contributed by atoms with E-state index in [4.69, 9.17) is 10.4 Å². The van der Waals surface area contributed by atoms with Crippen LogP contribution < -0.4 is 9.80 Å². The fourth-order valence-electron chi connectivity index (χ4n) is 4.45. The molecule has 6 nitrogen and oxygen atoms in total. The molecule has 4 rings (SSSR count).